The lowest BCUT2D eigenvalue weighted by atomic mass is 9.99. The van der Waals surface area contributed by atoms with Gasteiger partial charge in [-0.3, -0.25) is 0 Å². The van der Waals surface area contributed by atoms with Crippen molar-refractivity contribution in [3.8, 4) is 6.07 Å². The second-order valence-corrected chi connectivity index (χ2v) is 3.87. The smallest absolute Gasteiger partial charge is 0.169 e. The van der Waals surface area contributed by atoms with E-state index in [1.807, 2.05) is 25.1 Å². The van der Waals surface area contributed by atoms with Gasteiger partial charge < -0.3 is 4.74 Å². The molecule has 0 saturated heterocycles. The molecule has 0 aromatic heterocycles. The van der Waals surface area contributed by atoms with E-state index in [1.54, 1.807) is 0 Å². The topological polar surface area (TPSA) is 33.0 Å². The van der Waals surface area contributed by atoms with Crippen LogP contribution >= 0.6 is 0 Å². The van der Waals surface area contributed by atoms with Gasteiger partial charge in [-0.25, -0.2) is 0 Å². The van der Waals surface area contributed by atoms with Crippen molar-refractivity contribution < 1.29 is 4.74 Å². The van der Waals surface area contributed by atoms with Gasteiger partial charge in [-0.2, -0.15) is 5.26 Å². The van der Waals surface area contributed by atoms with E-state index in [4.69, 9.17) is 10.00 Å². The van der Waals surface area contributed by atoms with Gasteiger partial charge in [-0.05, 0) is 36.8 Å². The van der Waals surface area contributed by atoms with Crippen LogP contribution in [-0.2, 0) is 4.74 Å². The van der Waals surface area contributed by atoms with Crippen molar-refractivity contribution >= 4 is 0 Å². The van der Waals surface area contributed by atoms with Crippen LogP contribution in [0.5, 0.6) is 0 Å². The van der Waals surface area contributed by atoms with Crippen LogP contribution in [0.1, 0.15) is 42.9 Å². The summed E-state index contributed by atoms with van der Waals surface area (Å²) in [7, 11) is 0. The molecule has 1 unspecified atom stereocenters. The molecule has 1 aliphatic carbocycles. The van der Waals surface area contributed by atoms with Gasteiger partial charge >= 0.3 is 0 Å². The molecule has 0 amide bonds. The van der Waals surface area contributed by atoms with Crippen molar-refractivity contribution in [3.63, 3.8) is 0 Å². The molecule has 1 aromatic carbocycles. The predicted octanol–water partition coefficient (Wildman–Crippen LogP) is 3.17. The zero-order valence-electron chi connectivity index (χ0n) is 8.94. The Balaban J connectivity index is 2.29. The largest absolute Gasteiger partial charge is 0.359 e. The van der Waals surface area contributed by atoms with Gasteiger partial charge in [-0.1, -0.05) is 24.3 Å². The zero-order valence-corrected chi connectivity index (χ0v) is 8.94. The fraction of sp³-hybridized carbons (Fsp3) is 0.462. The molecule has 0 bridgehead atoms. The summed E-state index contributed by atoms with van der Waals surface area (Å²) in [4.78, 5) is 0. The average Bonchev–Trinajstić information content (AvgIpc) is 3.10. The van der Waals surface area contributed by atoms with Crippen molar-refractivity contribution in [1.82, 2.24) is 0 Å². The zero-order chi connectivity index (χ0) is 10.7. The molecule has 78 valence electrons. The molecule has 1 saturated carbocycles. The maximum absolute atomic E-state index is 9.06. The first kappa shape index (κ1) is 10.2. The van der Waals surface area contributed by atoms with Gasteiger partial charge in [-0.15, -0.1) is 0 Å². The Morgan fingerprint density at radius 2 is 2.20 bits per heavy atom. The lowest BCUT2D eigenvalue weighted by molar-refractivity contribution is 0.101. The van der Waals surface area contributed by atoms with Crippen LogP contribution in [0, 0.1) is 11.3 Å². The van der Waals surface area contributed by atoms with Crippen LogP contribution in [0.4, 0.5) is 0 Å². The summed E-state index contributed by atoms with van der Waals surface area (Å²) in [6, 6.07) is 10.4. The third-order valence-corrected chi connectivity index (χ3v) is 2.75. The number of hydrogen-bond donors (Lipinski definition) is 0. The van der Waals surface area contributed by atoms with Crippen LogP contribution in [-0.4, -0.2) is 6.61 Å². The highest BCUT2D eigenvalue weighted by Gasteiger charge is 2.28. The van der Waals surface area contributed by atoms with Crippen molar-refractivity contribution in [2.75, 3.05) is 6.61 Å². The minimum absolute atomic E-state index is 0.396. The normalized spacial score (nSPS) is 17.1. The molecule has 0 N–H and O–H groups in total. The molecule has 2 heteroatoms. The minimum Gasteiger partial charge on any atom is -0.359 e. The molecule has 1 fully saturated rings. The van der Waals surface area contributed by atoms with E-state index in [1.165, 1.54) is 18.4 Å². The number of nitriles is 1. The van der Waals surface area contributed by atoms with Crippen molar-refractivity contribution in [2.45, 2.75) is 31.8 Å². The fourth-order valence-electron chi connectivity index (χ4n) is 1.88. The molecule has 0 spiro atoms. The molecular weight excluding hydrogens is 186 g/mol. The molecule has 1 atom stereocenters. The highest BCUT2D eigenvalue weighted by atomic mass is 16.5. The van der Waals surface area contributed by atoms with Crippen LogP contribution in [0.2, 0.25) is 0 Å². The van der Waals surface area contributed by atoms with Crippen molar-refractivity contribution in [2.24, 2.45) is 0 Å². The van der Waals surface area contributed by atoms with Gasteiger partial charge in [0.2, 0.25) is 0 Å². The number of ether oxygens (including phenoxy) is 1. The summed E-state index contributed by atoms with van der Waals surface area (Å²) in [5.41, 5.74) is 2.36. The third kappa shape index (κ3) is 2.19. The molecule has 0 radical (unpaired) electrons. The lowest BCUT2D eigenvalue weighted by Crippen LogP contribution is -2.04. The molecular formula is C13H15NO. The van der Waals surface area contributed by atoms with Crippen molar-refractivity contribution in [1.29, 1.82) is 5.26 Å². The van der Waals surface area contributed by atoms with Crippen LogP contribution < -0.4 is 0 Å². The Morgan fingerprint density at radius 1 is 1.47 bits per heavy atom. The van der Waals surface area contributed by atoms with E-state index in [9.17, 15) is 0 Å². The molecule has 2 nitrogen and oxygen atoms in total. The van der Waals surface area contributed by atoms with E-state index < -0.39 is 6.10 Å². The summed E-state index contributed by atoms with van der Waals surface area (Å²) >= 11 is 0. The summed E-state index contributed by atoms with van der Waals surface area (Å²) < 4.78 is 5.43. The van der Waals surface area contributed by atoms with Gasteiger partial charge in [0.15, 0.2) is 6.10 Å². The Kier molecular flexibility index (Phi) is 3.03. The summed E-state index contributed by atoms with van der Waals surface area (Å²) in [5, 5.41) is 9.06. The Hall–Kier alpha value is -1.33. The van der Waals surface area contributed by atoms with Gasteiger partial charge in [0.05, 0.1) is 6.07 Å². The first-order chi connectivity index (χ1) is 7.36. The minimum atomic E-state index is -0.396. The van der Waals surface area contributed by atoms with E-state index in [0.29, 0.717) is 12.5 Å². The number of nitrogens with zero attached hydrogens (tertiary/aromatic N) is 1. The Bertz CT molecular complexity index is 376. The lowest BCUT2D eigenvalue weighted by Gasteiger charge is -2.13. The standard InChI is InChI=1S/C13H15NO/c1-2-15-13(9-14)12-6-4-3-5-11(12)10-7-8-10/h3-6,10,13H,2,7-8H2,1H3. The molecule has 2 rings (SSSR count). The van der Waals surface area contributed by atoms with Crippen LogP contribution in [0.3, 0.4) is 0 Å². The average molecular weight is 201 g/mol. The van der Waals surface area contributed by atoms with Gasteiger partial charge in [0.25, 0.3) is 0 Å². The quantitative estimate of drug-likeness (QED) is 0.749. The Labute approximate surface area is 90.5 Å². The number of benzene rings is 1. The summed E-state index contributed by atoms with van der Waals surface area (Å²) in [6.45, 7) is 2.50. The second-order valence-electron chi connectivity index (χ2n) is 3.87. The van der Waals surface area contributed by atoms with E-state index >= 15 is 0 Å². The first-order valence-electron chi connectivity index (χ1n) is 5.46. The second kappa shape index (κ2) is 4.46. The molecule has 1 aromatic rings. The highest BCUT2D eigenvalue weighted by molar-refractivity contribution is 5.37. The van der Waals surface area contributed by atoms with Gasteiger partial charge in [0, 0.05) is 6.61 Å². The maximum atomic E-state index is 9.06. The monoisotopic (exact) mass is 201 g/mol. The summed E-state index contributed by atoms with van der Waals surface area (Å²) in [5.74, 6) is 0.664. The Morgan fingerprint density at radius 3 is 2.80 bits per heavy atom. The SMILES string of the molecule is CCOC(C#N)c1ccccc1C1CC1. The van der Waals surface area contributed by atoms with E-state index in [-0.39, 0.29) is 0 Å². The predicted molar refractivity (Wildman–Crippen MR) is 58.4 cm³/mol. The summed E-state index contributed by atoms with van der Waals surface area (Å²) in [6.07, 6.45) is 2.11. The van der Waals surface area contributed by atoms with Crippen molar-refractivity contribution in [3.05, 3.63) is 35.4 Å². The maximum Gasteiger partial charge on any atom is 0.169 e. The van der Waals surface area contributed by atoms with E-state index in [0.717, 1.165) is 5.56 Å². The number of hydrogen-bond acceptors (Lipinski definition) is 2. The highest BCUT2D eigenvalue weighted by Crippen LogP contribution is 2.43. The van der Waals surface area contributed by atoms with Gasteiger partial charge in [0.1, 0.15) is 0 Å². The number of rotatable bonds is 4. The van der Waals surface area contributed by atoms with Crippen LogP contribution in [0.15, 0.2) is 24.3 Å². The molecule has 1 aliphatic rings. The van der Waals surface area contributed by atoms with E-state index in [2.05, 4.69) is 12.1 Å². The van der Waals surface area contributed by atoms with Crippen LogP contribution in [0.25, 0.3) is 0 Å². The molecule has 15 heavy (non-hydrogen) atoms. The third-order valence-electron chi connectivity index (χ3n) is 2.75. The molecule has 0 heterocycles. The fourth-order valence-corrected chi connectivity index (χ4v) is 1.88. The first-order valence-corrected chi connectivity index (χ1v) is 5.46. The molecule has 0 aliphatic heterocycles.